The molecule has 0 aromatic rings. The highest BCUT2D eigenvalue weighted by molar-refractivity contribution is 5.81. The zero-order valence-electron chi connectivity index (χ0n) is 12.3. The summed E-state index contributed by atoms with van der Waals surface area (Å²) < 4.78 is 5.16. The Morgan fingerprint density at radius 3 is 2.90 bits per heavy atom. The maximum Gasteiger partial charge on any atom is 0.237 e. The lowest BCUT2D eigenvalue weighted by Gasteiger charge is -2.39. The highest BCUT2D eigenvalue weighted by Crippen LogP contribution is 2.32. The van der Waals surface area contributed by atoms with Crippen LogP contribution in [0.3, 0.4) is 0 Å². The Kier molecular flexibility index (Phi) is 6.76. The van der Waals surface area contributed by atoms with Gasteiger partial charge in [0.2, 0.25) is 5.91 Å². The normalized spacial score (nSPS) is 29.8. The molecular weight excluding hydrogens is 256 g/mol. The minimum Gasteiger partial charge on any atom is -0.394 e. The molecule has 5 heteroatoms. The second-order valence-corrected chi connectivity index (χ2v) is 5.93. The lowest BCUT2D eigenvalue weighted by atomic mass is 9.77. The largest absolute Gasteiger partial charge is 0.394 e. The first-order valence-electron chi connectivity index (χ1n) is 8.03. The summed E-state index contributed by atoms with van der Waals surface area (Å²) in [6.07, 6.45) is 8.16. The summed E-state index contributed by atoms with van der Waals surface area (Å²) >= 11 is 0. The van der Waals surface area contributed by atoms with E-state index in [0.29, 0.717) is 25.8 Å². The van der Waals surface area contributed by atoms with Crippen LogP contribution in [0.15, 0.2) is 0 Å². The molecule has 0 spiro atoms. The highest BCUT2D eigenvalue weighted by atomic mass is 16.5. The zero-order chi connectivity index (χ0) is 14.2. The first-order chi connectivity index (χ1) is 9.81. The second kappa shape index (κ2) is 8.60. The Balaban J connectivity index is 1.60. The van der Waals surface area contributed by atoms with Gasteiger partial charge in [0.25, 0.3) is 0 Å². The van der Waals surface area contributed by atoms with Gasteiger partial charge in [-0.05, 0) is 38.0 Å². The number of carbonyl (C=O) groups excluding carboxylic acids is 1. The Hall–Kier alpha value is -0.650. The van der Waals surface area contributed by atoms with Gasteiger partial charge in [-0.1, -0.05) is 12.8 Å². The van der Waals surface area contributed by atoms with Crippen LogP contribution in [0.2, 0.25) is 0 Å². The van der Waals surface area contributed by atoms with Crippen LogP contribution >= 0.6 is 0 Å². The number of piperidine rings is 1. The molecule has 1 aliphatic carbocycles. The van der Waals surface area contributed by atoms with E-state index in [-0.39, 0.29) is 18.6 Å². The van der Waals surface area contributed by atoms with Crippen molar-refractivity contribution < 1.29 is 14.6 Å². The Morgan fingerprint density at radius 2 is 2.05 bits per heavy atom. The minimum absolute atomic E-state index is 0.00675. The standard InChI is InChI=1S/C15H28N2O3/c18-9-11-20-10-3-8-16-15(19)14-7-6-12-4-1-2-5-13(12)17-14/h12-14,17-18H,1-11H2,(H,16,19). The van der Waals surface area contributed by atoms with Crippen molar-refractivity contribution >= 4 is 5.91 Å². The first-order valence-corrected chi connectivity index (χ1v) is 8.03. The van der Waals surface area contributed by atoms with Crippen LogP contribution in [0, 0.1) is 5.92 Å². The van der Waals surface area contributed by atoms with E-state index >= 15 is 0 Å². The van der Waals surface area contributed by atoms with Crippen LogP contribution in [0.5, 0.6) is 0 Å². The van der Waals surface area contributed by atoms with Crippen molar-refractivity contribution in [1.29, 1.82) is 0 Å². The van der Waals surface area contributed by atoms with E-state index in [1.54, 1.807) is 0 Å². The summed E-state index contributed by atoms with van der Waals surface area (Å²) in [6.45, 7) is 1.67. The molecular formula is C15H28N2O3. The molecule has 3 N–H and O–H groups in total. The smallest absolute Gasteiger partial charge is 0.237 e. The quantitative estimate of drug-likeness (QED) is 0.605. The highest BCUT2D eigenvalue weighted by Gasteiger charge is 2.34. The van der Waals surface area contributed by atoms with Crippen LogP contribution in [0.1, 0.15) is 44.9 Å². The first kappa shape index (κ1) is 15.7. The van der Waals surface area contributed by atoms with Crippen molar-refractivity contribution in [2.24, 2.45) is 5.92 Å². The number of nitrogens with one attached hydrogen (secondary N) is 2. The zero-order valence-corrected chi connectivity index (χ0v) is 12.3. The second-order valence-electron chi connectivity index (χ2n) is 5.93. The van der Waals surface area contributed by atoms with Gasteiger partial charge in [0.05, 0.1) is 19.3 Å². The number of hydrogen-bond donors (Lipinski definition) is 3. The summed E-state index contributed by atoms with van der Waals surface area (Å²) in [6, 6.07) is 0.550. The van der Waals surface area contributed by atoms with Crippen molar-refractivity contribution in [1.82, 2.24) is 10.6 Å². The van der Waals surface area contributed by atoms with Crippen LogP contribution in [0.4, 0.5) is 0 Å². The fraction of sp³-hybridized carbons (Fsp3) is 0.933. The molecule has 2 rings (SSSR count). The molecule has 1 saturated heterocycles. The van der Waals surface area contributed by atoms with Gasteiger partial charge in [-0.3, -0.25) is 4.79 Å². The Bertz CT molecular complexity index is 299. The van der Waals surface area contributed by atoms with E-state index in [1.165, 1.54) is 32.1 Å². The summed E-state index contributed by atoms with van der Waals surface area (Å²) in [5.41, 5.74) is 0. The summed E-state index contributed by atoms with van der Waals surface area (Å²) in [5.74, 6) is 0.927. The van der Waals surface area contributed by atoms with E-state index in [2.05, 4.69) is 10.6 Å². The molecule has 0 radical (unpaired) electrons. The summed E-state index contributed by atoms with van der Waals surface area (Å²) in [5, 5.41) is 15.1. The van der Waals surface area contributed by atoms with Gasteiger partial charge in [-0.25, -0.2) is 0 Å². The van der Waals surface area contributed by atoms with E-state index < -0.39 is 0 Å². The van der Waals surface area contributed by atoms with Crippen molar-refractivity contribution in [2.45, 2.75) is 57.0 Å². The predicted octanol–water partition coefficient (Wildman–Crippen LogP) is 0.812. The molecule has 2 aliphatic rings. The molecule has 3 atom stereocenters. The molecule has 2 fully saturated rings. The van der Waals surface area contributed by atoms with Gasteiger partial charge in [0, 0.05) is 19.2 Å². The van der Waals surface area contributed by atoms with Gasteiger partial charge >= 0.3 is 0 Å². The fourth-order valence-corrected chi connectivity index (χ4v) is 3.38. The van der Waals surface area contributed by atoms with E-state index in [4.69, 9.17) is 9.84 Å². The lowest BCUT2D eigenvalue weighted by molar-refractivity contribution is -0.124. The Morgan fingerprint density at radius 1 is 1.20 bits per heavy atom. The van der Waals surface area contributed by atoms with Gasteiger partial charge in [0.1, 0.15) is 0 Å². The van der Waals surface area contributed by atoms with Crippen molar-refractivity contribution in [3.05, 3.63) is 0 Å². The third-order valence-corrected chi connectivity index (χ3v) is 4.47. The SMILES string of the molecule is O=C(NCCCOCCO)C1CCC2CCCCC2N1. The maximum absolute atomic E-state index is 12.1. The van der Waals surface area contributed by atoms with Crippen molar-refractivity contribution in [2.75, 3.05) is 26.4 Å². The van der Waals surface area contributed by atoms with Gasteiger partial charge in [-0.15, -0.1) is 0 Å². The predicted molar refractivity (Wildman–Crippen MR) is 77.4 cm³/mol. The molecule has 1 saturated carbocycles. The van der Waals surface area contributed by atoms with Gasteiger partial charge in [0.15, 0.2) is 0 Å². The van der Waals surface area contributed by atoms with Crippen molar-refractivity contribution in [3.8, 4) is 0 Å². The molecule has 1 aliphatic heterocycles. The number of amides is 1. The molecule has 116 valence electrons. The van der Waals surface area contributed by atoms with Crippen LogP contribution in [0.25, 0.3) is 0 Å². The number of ether oxygens (including phenoxy) is 1. The molecule has 0 aromatic heterocycles. The molecule has 1 heterocycles. The Labute approximate surface area is 121 Å². The summed E-state index contributed by atoms with van der Waals surface area (Å²) in [4.78, 5) is 12.1. The number of rotatable bonds is 7. The number of aliphatic hydroxyl groups is 1. The number of hydrogen-bond acceptors (Lipinski definition) is 4. The average molecular weight is 284 g/mol. The number of aliphatic hydroxyl groups excluding tert-OH is 1. The lowest BCUT2D eigenvalue weighted by Crippen LogP contribution is -2.55. The molecule has 0 bridgehead atoms. The molecule has 20 heavy (non-hydrogen) atoms. The van der Waals surface area contributed by atoms with Gasteiger partial charge in [-0.2, -0.15) is 0 Å². The third kappa shape index (κ3) is 4.72. The summed E-state index contributed by atoms with van der Waals surface area (Å²) in [7, 11) is 0. The maximum atomic E-state index is 12.1. The van der Waals surface area contributed by atoms with E-state index in [0.717, 1.165) is 18.8 Å². The number of carbonyl (C=O) groups is 1. The van der Waals surface area contributed by atoms with E-state index in [1.807, 2.05) is 0 Å². The molecule has 3 unspecified atom stereocenters. The monoisotopic (exact) mass is 284 g/mol. The van der Waals surface area contributed by atoms with Gasteiger partial charge < -0.3 is 20.5 Å². The van der Waals surface area contributed by atoms with E-state index in [9.17, 15) is 4.79 Å². The fourth-order valence-electron chi connectivity index (χ4n) is 3.38. The molecule has 5 nitrogen and oxygen atoms in total. The van der Waals surface area contributed by atoms with Crippen LogP contribution in [-0.2, 0) is 9.53 Å². The topological polar surface area (TPSA) is 70.6 Å². The van der Waals surface area contributed by atoms with Crippen molar-refractivity contribution in [3.63, 3.8) is 0 Å². The van der Waals surface area contributed by atoms with Crippen LogP contribution in [-0.4, -0.2) is 49.5 Å². The molecule has 1 amide bonds. The minimum atomic E-state index is -0.00675. The third-order valence-electron chi connectivity index (χ3n) is 4.47. The number of fused-ring (bicyclic) bond motifs is 1. The van der Waals surface area contributed by atoms with Crippen LogP contribution < -0.4 is 10.6 Å². The average Bonchev–Trinajstić information content (AvgIpc) is 2.50. The molecule has 0 aromatic carbocycles.